The van der Waals surface area contributed by atoms with E-state index >= 15 is 0 Å². The van der Waals surface area contributed by atoms with Gasteiger partial charge in [0.1, 0.15) is 12.3 Å². The number of ether oxygens (including phenoxy) is 3. The van der Waals surface area contributed by atoms with Crippen LogP contribution in [0.5, 0.6) is 0 Å². The van der Waals surface area contributed by atoms with Crippen molar-refractivity contribution in [1.29, 1.82) is 0 Å². The SMILES string of the molecule is CCOC(=O)C1=C(COC(C)=O)CS(=O)(=O)[C@@H]2[C@@H](OC)C(=O)N12. The van der Waals surface area contributed by atoms with Crippen LogP contribution < -0.4 is 0 Å². The van der Waals surface area contributed by atoms with E-state index in [1.807, 2.05) is 0 Å². The summed E-state index contributed by atoms with van der Waals surface area (Å²) in [7, 11) is -2.55. The lowest BCUT2D eigenvalue weighted by atomic mass is 10.1. The topological polar surface area (TPSA) is 116 Å². The van der Waals surface area contributed by atoms with Gasteiger partial charge in [0.2, 0.25) is 0 Å². The van der Waals surface area contributed by atoms with Gasteiger partial charge in [0.05, 0.1) is 12.4 Å². The van der Waals surface area contributed by atoms with Crippen molar-refractivity contribution in [1.82, 2.24) is 4.90 Å². The number of methoxy groups -OCH3 is 1. The van der Waals surface area contributed by atoms with Crippen LogP contribution in [0.25, 0.3) is 0 Å². The summed E-state index contributed by atoms with van der Waals surface area (Å²) >= 11 is 0. The predicted molar refractivity (Wildman–Crippen MR) is 75.5 cm³/mol. The number of fused-ring (bicyclic) bond motifs is 1. The molecule has 2 atom stereocenters. The Labute approximate surface area is 133 Å². The molecule has 10 heteroatoms. The molecule has 0 unspecified atom stereocenters. The standard InChI is InChI=1S/C13H17NO8S/c1-4-21-13(17)9-8(5-22-7(2)15)6-23(18,19)12-10(20-3)11(16)14(9)12/h10,12H,4-6H2,1-3H3/t10-,12+/m0/s1. The van der Waals surface area contributed by atoms with E-state index in [9.17, 15) is 22.8 Å². The van der Waals surface area contributed by atoms with Crippen LogP contribution in [0.4, 0.5) is 0 Å². The number of β-lactam (4-membered cyclic amide) rings is 1. The van der Waals surface area contributed by atoms with Crippen LogP contribution in [0.2, 0.25) is 0 Å². The third-order valence-corrected chi connectivity index (χ3v) is 5.43. The van der Waals surface area contributed by atoms with Crippen LogP contribution in [-0.2, 0) is 38.4 Å². The summed E-state index contributed by atoms with van der Waals surface area (Å²) in [6.07, 6.45) is -1.15. The maximum atomic E-state index is 12.3. The molecule has 2 aliphatic rings. The van der Waals surface area contributed by atoms with E-state index in [2.05, 4.69) is 0 Å². The van der Waals surface area contributed by atoms with Crippen LogP contribution in [0.1, 0.15) is 13.8 Å². The molecule has 9 nitrogen and oxygen atoms in total. The molecule has 128 valence electrons. The van der Waals surface area contributed by atoms with Gasteiger partial charge in [-0.3, -0.25) is 14.5 Å². The largest absolute Gasteiger partial charge is 0.461 e. The molecule has 0 aromatic carbocycles. The van der Waals surface area contributed by atoms with Gasteiger partial charge in [0, 0.05) is 19.6 Å². The first kappa shape index (κ1) is 17.4. The van der Waals surface area contributed by atoms with Gasteiger partial charge in [-0.25, -0.2) is 13.2 Å². The van der Waals surface area contributed by atoms with E-state index in [1.54, 1.807) is 6.92 Å². The molecule has 0 aromatic heterocycles. The molecule has 0 aromatic rings. The lowest BCUT2D eigenvalue weighted by Crippen LogP contribution is -2.70. The number of hydrogen-bond donors (Lipinski definition) is 0. The molecule has 0 N–H and O–H groups in total. The minimum absolute atomic E-state index is 0.0119. The zero-order chi connectivity index (χ0) is 17.4. The molecule has 23 heavy (non-hydrogen) atoms. The van der Waals surface area contributed by atoms with E-state index in [1.165, 1.54) is 7.11 Å². The molecule has 0 aliphatic carbocycles. The molecule has 1 amide bonds. The van der Waals surface area contributed by atoms with Crippen molar-refractivity contribution in [3.63, 3.8) is 0 Å². The highest BCUT2D eigenvalue weighted by Gasteiger charge is 2.60. The van der Waals surface area contributed by atoms with Crippen molar-refractivity contribution in [2.24, 2.45) is 0 Å². The van der Waals surface area contributed by atoms with Crippen LogP contribution in [0.3, 0.4) is 0 Å². The monoisotopic (exact) mass is 347 g/mol. The van der Waals surface area contributed by atoms with Crippen LogP contribution in [-0.4, -0.2) is 68.7 Å². The van der Waals surface area contributed by atoms with Gasteiger partial charge in [-0.1, -0.05) is 0 Å². The maximum Gasteiger partial charge on any atom is 0.355 e. The second kappa shape index (κ2) is 6.28. The van der Waals surface area contributed by atoms with Gasteiger partial charge < -0.3 is 14.2 Å². The normalized spacial score (nSPS) is 25.5. The predicted octanol–water partition coefficient (Wildman–Crippen LogP) is -1.02. The highest BCUT2D eigenvalue weighted by atomic mass is 32.2. The summed E-state index contributed by atoms with van der Waals surface area (Å²) in [6.45, 7) is 2.38. The molecule has 2 heterocycles. The van der Waals surface area contributed by atoms with E-state index in [4.69, 9.17) is 14.2 Å². The maximum absolute atomic E-state index is 12.3. The van der Waals surface area contributed by atoms with Crippen molar-refractivity contribution >= 4 is 27.7 Å². The third-order valence-electron chi connectivity index (χ3n) is 3.49. The van der Waals surface area contributed by atoms with Crippen molar-refractivity contribution in [3.05, 3.63) is 11.3 Å². The molecule has 1 fully saturated rings. The zero-order valence-electron chi connectivity index (χ0n) is 12.9. The van der Waals surface area contributed by atoms with Gasteiger partial charge in [0.25, 0.3) is 5.91 Å². The molecular weight excluding hydrogens is 330 g/mol. The Bertz CT molecular complexity index is 680. The highest BCUT2D eigenvalue weighted by molar-refractivity contribution is 7.92. The van der Waals surface area contributed by atoms with Crippen LogP contribution in [0, 0.1) is 0 Å². The van der Waals surface area contributed by atoms with E-state index in [0.29, 0.717) is 0 Å². The number of hydrogen-bond acceptors (Lipinski definition) is 8. The fourth-order valence-electron chi connectivity index (χ4n) is 2.55. The number of nitrogens with zero attached hydrogens (tertiary/aromatic N) is 1. The molecule has 1 saturated heterocycles. The smallest absolute Gasteiger partial charge is 0.355 e. The Balaban J connectivity index is 2.47. The van der Waals surface area contributed by atoms with Crippen molar-refractivity contribution in [2.75, 3.05) is 26.1 Å². The lowest BCUT2D eigenvalue weighted by molar-refractivity contribution is -0.164. The summed E-state index contributed by atoms with van der Waals surface area (Å²) in [5.74, 6) is -2.63. The number of sulfone groups is 1. The zero-order valence-corrected chi connectivity index (χ0v) is 13.7. The lowest BCUT2D eigenvalue weighted by Gasteiger charge is -2.48. The molecular formula is C13H17NO8S. The average molecular weight is 347 g/mol. The first-order valence-corrected chi connectivity index (χ1v) is 8.56. The molecule has 0 saturated carbocycles. The quantitative estimate of drug-likeness (QED) is 0.458. The number of rotatable bonds is 5. The van der Waals surface area contributed by atoms with Gasteiger partial charge in [0.15, 0.2) is 21.3 Å². The Hall–Kier alpha value is -1.94. The van der Waals surface area contributed by atoms with Crippen LogP contribution >= 0.6 is 0 Å². The van der Waals surface area contributed by atoms with Crippen LogP contribution in [0.15, 0.2) is 11.3 Å². The average Bonchev–Trinajstić information content (AvgIpc) is 2.45. The Morgan fingerprint density at radius 1 is 1.30 bits per heavy atom. The van der Waals surface area contributed by atoms with Gasteiger partial charge in [-0.05, 0) is 6.92 Å². The van der Waals surface area contributed by atoms with Gasteiger partial charge in [-0.2, -0.15) is 0 Å². The summed E-state index contributed by atoms with van der Waals surface area (Å²) in [6, 6.07) is 0. The fraction of sp³-hybridized carbons (Fsp3) is 0.615. The van der Waals surface area contributed by atoms with E-state index < -0.39 is 51.5 Å². The second-order valence-electron chi connectivity index (χ2n) is 5.02. The Morgan fingerprint density at radius 2 is 1.96 bits per heavy atom. The van der Waals surface area contributed by atoms with Crippen molar-refractivity contribution in [2.45, 2.75) is 25.3 Å². The minimum atomic E-state index is -3.77. The second-order valence-corrected chi connectivity index (χ2v) is 7.11. The van der Waals surface area contributed by atoms with E-state index in [-0.39, 0.29) is 17.9 Å². The third kappa shape index (κ3) is 2.95. The molecule has 0 bridgehead atoms. The first-order valence-electron chi connectivity index (χ1n) is 6.84. The number of esters is 2. The highest BCUT2D eigenvalue weighted by Crippen LogP contribution is 2.38. The molecule has 2 rings (SSSR count). The summed E-state index contributed by atoms with van der Waals surface area (Å²) in [5.41, 5.74) is -0.177. The molecule has 2 aliphatic heterocycles. The Kier molecular flexibility index (Phi) is 4.76. The summed E-state index contributed by atoms with van der Waals surface area (Å²) in [5, 5.41) is -1.26. The number of amides is 1. The number of carbonyl (C=O) groups is 3. The van der Waals surface area contributed by atoms with Gasteiger partial charge in [-0.15, -0.1) is 0 Å². The summed E-state index contributed by atoms with van der Waals surface area (Å²) < 4.78 is 39.3. The van der Waals surface area contributed by atoms with E-state index in [0.717, 1.165) is 11.8 Å². The first-order chi connectivity index (χ1) is 10.7. The number of carbonyl (C=O) groups excluding carboxylic acids is 3. The summed E-state index contributed by atoms with van der Waals surface area (Å²) in [4.78, 5) is 36.1. The fourth-order valence-corrected chi connectivity index (χ4v) is 4.56. The molecule has 0 spiro atoms. The van der Waals surface area contributed by atoms with Crippen molar-refractivity contribution < 1.29 is 37.0 Å². The Morgan fingerprint density at radius 3 is 2.48 bits per heavy atom. The molecule has 0 radical (unpaired) electrons. The van der Waals surface area contributed by atoms with Gasteiger partial charge >= 0.3 is 11.9 Å². The minimum Gasteiger partial charge on any atom is -0.461 e. The van der Waals surface area contributed by atoms with Crippen molar-refractivity contribution in [3.8, 4) is 0 Å².